The lowest BCUT2D eigenvalue weighted by atomic mass is 9.97. The summed E-state index contributed by atoms with van der Waals surface area (Å²) in [5, 5.41) is 12.5. The monoisotopic (exact) mass is 412 g/mol. The molecule has 0 radical (unpaired) electrons. The van der Waals surface area contributed by atoms with E-state index in [1.165, 1.54) is 12.1 Å². The SMILES string of the molecule is N#Cc1cc(F)ccc1Cn1c2c(c(-c3ccoc3)c1-c1ccncc1)C(=O)NCC2. The summed E-state index contributed by atoms with van der Waals surface area (Å²) in [5.74, 6) is -0.603. The molecule has 3 aromatic heterocycles. The van der Waals surface area contributed by atoms with Crippen molar-refractivity contribution in [1.29, 1.82) is 5.26 Å². The molecule has 1 aliphatic rings. The molecule has 1 N–H and O–H groups in total. The van der Waals surface area contributed by atoms with E-state index in [4.69, 9.17) is 4.42 Å². The third-order valence-corrected chi connectivity index (χ3v) is 5.53. The van der Waals surface area contributed by atoms with Gasteiger partial charge in [0, 0.05) is 54.3 Å². The maximum Gasteiger partial charge on any atom is 0.253 e. The van der Waals surface area contributed by atoms with Crippen LogP contribution in [-0.2, 0) is 13.0 Å². The van der Waals surface area contributed by atoms with Crippen LogP contribution in [0, 0.1) is 17.1 Å². The molecule has 0 bridgehead atoms. The number of fused-ring (bicyclic) bond motifs is 1. The Morgan fingerprint density at radius 1 is 1.16 bits per heavy atom. The molecule has 7 heteroatoms. The molecule has 0 fully saturated rings. The van der Waals surface area contributed by atoms with Crippen LogP contribution in [0.4, 0.5) is 4.39 Å². The van der Waals surface area contributed by atoms with Gasteiger partial charge in [-0.05, 0) is 35.9 Å². The number of furan rings is 1. The summed E-state index contributed by atoms with van der Waals surface area (Å²) in [4.78, 5) is 17.1. The minimum atomic E-state index is -0.456. The number of rotatable bonds is 4. The van der Waals surface area contributed by atoms with E-state index in [2.05, 4.69) is 20.9 Å². The van der Waals surface area contributed by atoms with Crippen LogP contribution in [0.3, 0.4) is 0 Å². The highest BCUT2D eigenvalue weighted by atomic mass is 19.1. The first-order valence-electron chi connectivity index (χ1n) is 9.82. The van der Waals surface area contributed by atoms with Crippen LogP contribution >= 0.6 is 0 Å². The summed E-state index contributed by atoms with van der Waals surface area (Å²) in [6, 6.07) is 11.9. The van der Waals surface area contributed by atoms with E-state index in [-0.39, 0.29) is 11.5 Å². The molecule has 5 rings (SSSR count). The number of pyridine rings is 1. The Hall–Kier alpha value is -4.18. The standard InChI is InChI=1S/C24H17FN4O2/c25-19-2-1-16(18(11-19)12-26)13-29-20-5-9-28-24(30)22(20)21(17-6-10-31-14-17)23(29)15-3-7-27-8-4-15/h1-4,6-8,10-11,14H,5,9,13H2,(H,28,30). The number of aromatic nitrogens is 2. The maximum atomic E-state index is 13.7. The average Bonchev–Trinajstić information content (AvgIpc) is 3.42. The van der Waals surface area contributed by atoms with Gasteiger partial charge in [0.05, 0.1) is 35.4 Å². The fourth-order valence-corrected chi connectivity index (χ4v) is 4.19. The number of halogens is 1. The quantitative estimate of drug-likeness (QED) is 0.546. The highest BCUT2D eigenvalue weighted by Gasteiger charge is 2.31. The van der Waals surface area contributed by atoms with Crippen LogP contribution < -0.4 is 5.32 Å². The summed E-state index contributed by atoms with van der Waals surface area (Å²) in [6.07, 6.45) is 7.22. The number of carbonyl (C=O) groups is 1. The normalized spacial score (nSPS) is 12.8. The lowest BCUT2D eigenvalue weighted by Gasteiger charge is -2.18. The smallest absolute Gasteiger partial charge is 0.253 e. The van der Waals surface area contributed by atoms with Gasteiger partial charge >= 0.3 is 0 Å². The zero-order valence-electron chi connectivity index (χ0n) is 16.4. The van der Waals surface area contributed by atoms with Gasteiger partial charge in [0.2, 0.25) is 0 Å². The molecule has 4 aromatic rings. The molecule has 0 aliphatic carbocycles. The van der Waals surface area contributed by atoms with Crippen LogP contribution in [0.1, 0.15) is 27.2 Å². The van der Waals surface area contributed by atoms with E-state index in [9.17, 15) is 14.4 Å². The summed E-state index contributed by atoms with van der Waals surface area (Å²) < 4.78 is 21.1. The first-order valence-corrected chi connectivity index (χ1v) is 9.82. The van der Waals surface area contributed by atoms with Crippen LogP contribution in [0.2, 0.25) is 0 Å². The molecule has 0 spiro atoms. The maximum absolute atomic E-state index is 13.7. The number of benzene rings is 1. The number of nitrogens with one attached hydrogen (secondary N) is 1. The van der Waals surface area contributed by atoms with Crippen molar-refractivity contribution in [3.05, 3.63) is 89.5 Å². The highest BCUT2D eigenvalue weighted by molar-refractivity contribution is 6.07. The molecule has 152 valence electrons. The molecule has 4 heterocycles. The van der Waals surface area contributed by atoms with Crippen molar-refractivity contribution in [3.8, 4) is 28.5 Å². The zero-order valence-corrected chi connectivity index (χ0v) is 16.4. The molecule has 1 aromatic carbocycles. The van der Waals surface area contributed by atoms with E-state index in [0.717, 1.165) is 28.1 Å². The highest BCUT2D eigenvalue weighted by Crippen LogP contribution is 2.41. The van der Waals surface area contributed by atoms with Crippen LogP contribution in [0.25, 0.3) is 22.4 Å². The Bertz CT molecular complexity index is 1320. The van der Waals surface area contributed by atoms with E-state index in [0.29, 0.717) is 30.6 Å². The van der Waals surface area contributed by atoms with Gasteiger partial charge in [-0.2, -0.15) is 5.26 Å². The molecule has 1 aliphatic heterocycles. The molecule has 0 atom stereocenters. The van der Waals surface area contributed by atoms with Crippen LogP contribution in [0.5, 0.6) is 0 Å². The number of nitrogens with zero attached hydrogens (tertiary/aromatic N) is 3. The lowest BCUT2D eigenvalue weighted by Crippen LogP contribution is -2.32. The largest absolute Gasteiger partial charge is 0.472 e. The third kappa shape index (κ3) is 3.19. The number of nitriles is 1. The van der Waals surface area contributed by atoms with E-state index < -0.39 is 5.82 Å². The molecular formula is C24H17FN4O2. The second kappa shape index (κ2) is 7.58. The molecule has 0 saturated carbocycles. The number of carbonyl (C=O) groups excluding carboxylic acids is 1. The minimum absolute atomic E-state index is 0.147. The Labute approximate surface area is 177 Å². The fourth-order valence-electron chi connectivity index (χ4n) is 4.19. The van der Waals surface area contributed by atoms with Gasteiger partial charge in [-0.15, -0.1) is 0 Å². The predicted molar refractivity (Wildman–Crippen MR) is 112 cm³/mol. The second-order valence-corrected chi connectivity index (χ2v) is 7.30. The van der Waals surface area contributed by atoms with Crippen LogP contribution in [-0.4, -0.2) is 22.0 Å². The summed E-state index contributed by atoms with van der Waals surface area (Å²) >= 11 is 0. The van der Waals surface area contributed by atoms with Crippen molar-refractivity contribution in [2.24, 2.45) is 0 Å². The second-order valence-electron chi connectivity index (χ2n) is 7.30. The average molecular weight is 412 g/mol. The van der Waals surface area contributed by atoms with Gasteiger partial charge in [0.1, 0.15) is 5.82 Å². The topological polar surface area (TPSA) is 83.8 Å². The summed E-state index contributed by atoms with van der Waals surface area (Å²) in [5.41, 5.74) is 5.70. The zero-order chi connectivity index (χ0) is 21.4. The van der Waals surface area contributed by atoms with Gasteiger partial charge in [0.25, 0.3) is 5.91 Å². The van der Waals surface area contributed by atoms with E-state index >= 15 is 0 Å². The molecule has 1 amide bonds. The van der Waals surface area contributed by atoms with Crippen molar-refractivity contribution in [2.75, 3.05) is 6.54 Å². The molecule has 0 saturated heterocycles. The Morgan fingerprint density at radius 3 is 2.74 bits per heavy atom. The first kappa shape index (κ1) is 18.8. The van der Waals surface area contributed by atoms with Gasteiger partial charge in [-0.1, -0.05) is 6.07 Å². The number of amides is 1. The minimum Gasteiger partial charge on any atom is -0.472 e. The summed E-state index contributed by atoms with van der Waals surface area (Å²) in [6.45, 7) is 0.847. The van der Waals surface area contributed by atoms with Crippen molar-refractivity contribution in [1.82, 2.24) is 14.9 Å². The Morgan fingerprint density at radius 2 is 2.00 bits per heavy atom. The molecule has 6 nitrogen and oxygen atoms in total. The van der Waals surface area contributed by atoms with Crippen molar-refractivity contribution >= 4 is 5.91 Å². The van der Waals surface area contributed by atoms with Gasteiger partial charge in [0.15, 0.2) is 0 Å². The van der Waals surface area contributed by atoms with Gasteiger partial charge in [-0.25, -0.2) is 4.39 Å². The molecule has 0 unspecified atom stereocenters. The van der Waals surface area contributed by atoms with E-state index in [1.807, 2.05) is 18.2 Å². The Balaban J connectivity index is 1.81. The first-order chi connectivity index (χ1) is 15.2. The summed E-state index contributed by atoms with van der Waals surface area (Å²) in [7, 11) is 0. The van der Waals surface area contributed by atoms with Crippen molar-refractivity contribution < 1.29 is 13.6 Å². The van der Waals surface area contributed by atoms with E-state index in [1.54, 1.807) is 31.0 Å². The van der Waals surface area contributed by atoms with Crippen LogP contribution in [0.15, 0.2) is 65.7 Å². The van der Waals surface area contributed by atoms with Gasteiger partial charge < -0.3 is 14.3 Å². The van der Waals surface area contributed by atoms with Crippen molar-refractivity contribution in [3.63, 3.8) is 0 Å². The number of hydrogen-bond donors (Lipinski definition) is 1. The Kier molecular flexibility index (Phi) is 4.60. The number of hydrogen-bond acceptors (Lipinski definition) is 4. The van der Waals surface area contributed by atoms with Gasteiger partial charge in [-0.3, -0.25) is 9.78 Å². The van der Waals surface area contributed by atoms with Crippen molar-refractivity contribution in [2.45, 2.75) is 13.0 Å². The lowest BCUT2D eigenvalue weighted by molar-refractivity contribution is 0.0946. The molecule has 31 heavy (non-hydrogen) atoms. The fraction of sp³-hybridized carbons (Fsp3) is 0.125. The molecular weight excluding hydrogens is 395 g/mol. The third-order valence-electron chi connectivity index (χ3n) is 5.53. The predicted octanol–water partition coefficient (Wildman–Crippen LogP) is 4.16.